The lowest BCUT2D eigenvalue weighted by Crippen LogP contribution is -2.22. The Hall–Kier alpha value is -0.570. The minimum atomic E-state index is -0.920. The van der Waals surface area contributed by atoms with Gasteiger partial charge in [-0.25, -0.2) is 4.79 Å². The van der Waals surface area contributed by atoms with E-state index < -0.39 is 12.1 Å². The fourth-order valence-corrected chi connectivity index (χ4v) is 0.944. The zero-order valence-corrected chi connectivity index (χ0v) is 7.88. The fourth-order valence-electron chi connectivity index (χ4n) is 0.944. The van der Waals surface area contributed by atoms with Crippen LogP contribution in [-0.2, 0) is 9.53 Å². The Balaban J connectivity index is 3.42. The van der Waals surface area contributed by atoms with Crippen molar-refractivity contribution in [1.29, 1.82) is 0 Å². The maximum Gasteiger partial charge on any atom is 0.334 e. The third kappa shape index (κ3) is 5.13. The Morgan fingerprint density at radius 1 is 1.42 bits per heavy atom. The molecule has 0 amide bonds. The molecule has 0 fully saturated rings. The molecule has 12 heavy (non-hydrogen) atoms. The minimum Gasteiger partial charge on any atom is -0.464 e. The van der Waals surface area contributed by atoms with Crippen LogP contribution in [0.3, 0.4) is 0 Å². The second-order valence-corrected chi connectivity index (χ2v) is 2.76. The number of carbonyl (C=O) groups is 1. The molecule has 1 atom stereocenters. The van der Waals surface area contributed by atoms with Gasteiger partial charge in [0.05, 0.1) is 6.61 Å². The zero-order chi connectivity index (χ0) is 9.40. The third-order valence-electron chi connectivity index (χ3n) is 1.64. The standard InChI is InChI=1S/C9H18O3/c1-3-5-6-7-8(10)9(11)12-4-2/h8,10H,3-7H2,1-2H3/t8-/m1/s1. The molecule has 0 radical (unpaired) electrons. The number of hydrogen-bond donors (Lipinski definition) is 1. The van der Waals surface area contributed by atoms with Gasteiger partial charge in [-0.2, -0.15) is 0 Å². The molecule has 0 saturated carbocycles. The molecule has 3 nitrogen and oxygen atoms in total. The van der Waals surface area contributed by atoms with E-state index in [-0.39, 0.29) is 0 Å². The minimum absolute atomic E-state index is 0.337. The molecule has 1 N–H and O–H groups in total. The normalized spacial score (nSPS) is 12.6. The van der Waals surface area contributed by atoms with Gasteiger partial charge in [0.1, 0.15) is 0 Å². The van der Waals surface area contributed by atoms with E-state index in [9.17, 15) is 9.90 Å². The first-order valence-corrected chi connectivity index (χ1v) is 4.57. The van der Waals surface area contributed by atoms with Gasteiger partial charge in [0.2, 0.25) is 0 Å². The van der Waals surface area contributed by atoms with Gasteiger partial charge in [0, 0.05) is 0 Å². The first-order valence-electron chi connectivity index (χ1n) is 4.57. The molecule has 0 unspecified atom stereocenters. The van der Waals surface area contributed by atoms with Crippen LogP contribution in [0.5, 0.6) is 0 Å². The molecule has 0 aromatic rings. The zero-order valence-electron chi connectivity index (χ0n) is 7.88. The molecule has 0 aliphatic heterocycles. The lowest BCUT2D eigenvalue weighted by Gasteiger charge is -2.08. The van der Waals surface area contributed by atoms with Gasteiger partial charge in [-0.3, -0.25) is 0 Å². The van der Waals surface area contributed by atoms with Crippen LogP contribution in [-0.4, -0.2) is 23.8 Å². The van der Waals surface area contributed by atoms with E-state index in [0.717, 1.165) is 19.3 Å². The summed E-state index contributed by atoms with van der Waals surface area (Å²) in [5.74, 6) is -0.492. The molecule has 3 heteroatoms. The second-order valence-electron chi connectivity index (χ2n) is 2.76. The molecular formula is C9H18O3. The van der Waals surface area contributed by atoms with Crippen molar-refractivity contribution >= 4 is 5.97 Å². The molecule has 0 saturated heterocycles. The summed E-state index contributed by atoms with van der Waals surface area (Å²) in [5.41, 5.74) is 0. The van der Waals surface area contributed by atoms with Crippen molar-refractivity contribution in [3.05, 3.63) is 0 Å². The molecule has 0 spiro atoms. The number of unbranched alkanes of at least 4 members (excludes halogenated alkanes) is 2. The van der Waals surface area contributed by atoms with Crippen molar-refractivity contribution in [2.75, 3.05) is 6.61 Å². The third-order valence-corrected chi connectivity index (χ3v) is 1.64. The lowest BCUT2D eigenvalue weighted by molar-refractivity contribution is -0.153. The van der Waals surface area contributed by atoms with E-state index in [2.05, 4.69) is 11.7 Å². The number of hydrogen-bond acceptors (Lipinski definition) is 3. The highest BCUT2D eigenvalue weighted by Crippen LogP contribution is 2.04. The smallest absolute Gasteiger partial charge is 0.334 e. The number of esters is 1. The number of rotatable bonds is 6. The van der Waals surface area contributed by atoms with Gasteiger partial charge in [-0.15, -0.1) is 0 Å². The highest BCUT2D eigenvalue weighted by Gasteiger charge is 2.14. The summed E-state index contributed by atoms with van der Waals surface area (Å²) in [6.45, 7) is 4.15. The van der Waals surface area contributed by atoms with Gasteiger partial charge < -0.3 is 9.84 Å². The average molecular weight is 174 g/mol. The molecule has 0 heterocycles. The molecule has 0 aliphatic rings. The van der Waals surface area contributed by atoms with Gasteiger partial charge in [-0.05, 0) is 13.3 Å². The molecular weight excluding hydrogens is 156 g/mol. The molecule has 0 aromatic heterocycles. The van der Waals surface area contributed by atoms with E-state index in [0.29, 0.717) is 13.0 Å². The highest BCUT2D eigenvalue weighted by atomic mass is 16.5. The van der Waals surface area contributed by atoms with E-state index in [1.807, 2.05) is 0 Å². The first kappa shape index (κ1) is 11.4. The van der Waals surface area contributed by atoms with Crippen molar-refractivity contribution in [3.8, 4) is 0 Å². The quantitative estimate of drug-likeness (QED) is 0.490. The fraction of sp³-hybridized carbons (Fsp3) is 0.889. The number of ether oxygens (including phenoxy) is 1. The van der Waals surface area contributed by atoms with Crippen molar-refractivity contribution in [3.63, 3.8) is 0 Å². The Morgan fingerprint density at radius 2 is 2.08 bits per heavy atom. The van der Waals surface area contributed by atoms with Crippen molar-refractivity contribution in [2.45, 2.75) is 45.6 Å². The van der Waals surface area contributed by atoms with Crippen molar-refractivity contribution in [1.82, 2.24) is 0 Å². The topological polar surface area (TPSA) is 46.5 Å². The monoisotopic (exact) mass is 174 g/mol. The number of carbonyl (C=O) groups excluding carboxylic acids is 1. The van der Waals surface area contributed by atoms with Gasteiger partial charge >= 0.3 is 5.97 Å². The SMILES string of the molecule is CCCCC[C@@H](O)C(=O)OCC. The second kappa shape index (κ2) is 7.10. The number of aliphatic hydroxyl groups is 1. The summed E-state index contributed by atoms with van der Waals surface area (Å²) in [4.78, 5) is 10.9. The Labute approximate surface area is 73.7 Å². The highest BCUT2D eigenvalue weighted by molar-refractivity contribution is 5.74. The first-order chi connectivity index (χ1) is 5.72. The summed E-state index contributed by atoms with van der Waals surface area (Å²) < 4.78 is 4.65. The van der Waals surface area contributed by atoms with Gasteiger partial charge in [0.15, 0.2) is 6.10 Å². The molecule has 0 rings (SSSR count). The van der Waals surface area contributed by atoms with Crippen LogP contribution in [0, 0.1) is 0 Å². The molecule has 0 aliphatic carbocycles. The molecule has 0 bridgehead atoms. The average Bonchev–Trinajstić information content (AvgIpc) is 2.05. The summed E-state index contributed by atoms with van der Waals surface area (Å²) >= 11 is 0. The lowest BCUT2D eigenvalue weighted by atomic mass is 10.1. The van der Waals surface area contributed by atoms with Gasteiger partial charge in [-0.1, -0.05) is 26.2 Å². The summed E-state index contributed by atoms with van der Waals surface area (Å²) in [7, 11) is 0. The van der Waals surface area contributed by atoms with E-state index in [1.165, 1.54) is 0 Å². The van der Waals surface area contributed by atoms with Crippen LogP contribution in [0.4, 0.5) is 0 Å². The summed E-state index contributed by atoms with van der Waals surface area (Å²) in [6.07, 6.45) is 2.63. The summed E-state index contributed by atoms with van der Waals surface area (Å²) in [5, 5.41) is 9.20. The predicted molar refractivity (Wildman–Crippen MR) is 46.8 cm³/mol. The molecule has 0 aromatic carbocycles. The maximum atomic E-state index is 10.9. The largest absolute Gasteiger partial charge is 0.464 e. The number of aliphatic hydroxyl groups excluding tert-OH is 1. The van der Waals surface area contributed by atoms with E-state index >= 15 is 0 Å². The van der Waals surface area contributed by atoms with E-state index in [1.54, 1.807) is 6.92 Å². The Kier molecular flexibility index (Phi) is 6.76. The van der Waals surface area contributed by atoms with Crippen LogP contribution >= 0.6 is 0 Å². The Bertz CT molecular complexity index is 123. The van der Waals surface area contributed by atoms with Gasteiger partial charge in [0.25, 0.3) is 0 Å². The summed E-state index contributed by atoms with van der Waals surface area (Å²) in [6, 6.07) is 0. The predicted octanol–water partition coefficient (Wildman–Crippen LogP) is 1.49. The van der Waals surface area contributed by atoms with Crippen molar-refractivity contribution < 1.29 is 14.6 Å². The molecule has 72 valence electrons. The maximum absolute atomic E-state index is 10.9. The van der Waals surface area contributed by atoms with Crippen LogP contribution in [0.25, 0.3) is 0 Å². The van der Waals surface area contributed by atoms with Crippen LogP contribution < -0.4 is 0 Å². The van der Waals surface area contributed by atoms with Crippen LogP contribution in [0.2, 0.25) is 0 Å². The van der Waals surface area contributed by atoms with Crippen LogP contribution in [0.15, 0.2) is 0 Å². The Morgan fingerprint density at radius 3 is 2.58 bits per heavy atom. The van der Waals surface area contributed by atoms with E-state index in [4.69, 9.17) is 0 Å². The van der Waals surface area contributed by atoms with Crippen molar-refractivity contribution in [2.24, 2.45) is 0 Å². The van der Waals surface area contributed by atoms with Crippen LogP contribution in [0.1, 0.15) is 39.5 Å².